The Morgan fingerprint density at radius 3 is 2.30 bits per heavy atom. The van der Waals surface area contributed by atoms with Crippen LogP contribution in [-0.2, 0) is 14.8 Å². The number of rotatable bonds is 5. The summed E-state index contributed by atoms with van der Waals surface area (Å²) in [4.78, 5) is 13.8. The summed E-state index contributed by atoms with van der Waals surface area (Å²) in [5.74, 6) is -2.39. The average molecular weight is 479 g/mol. The highest BCUT2D eigenvalue weighted by molar-refractivity contribution is 7.89. The summed E-state index contributed by atoms with van der Waals surface area (Å²) in [5, 5.41) is 0.703. The molecule has 1 aliphatic rings. The van der Waals surface area contributed by atoms with E-state index in [-0.39, 0.29) is 42.0 Å². The number of nitrogens with zero attached hydrogens (tertiary/aromatic N) is 2. The molecule has 1 fully saturated rings. The van der Waals surface area contributed by atoms with Crippen molar-refractivity contribution >= 4 is 39.1 Å². The van der Waals surface area contributed by atoms with Gasteiger partial charge in [-0.3, -0.25) is 4.79 Å². The molecule has 1 saturated heterocycles. The Morgan fingerprint density at radius 1 is 1.03 bits per heavy atom. The average Bonchev–Trinajstić information content (AvgIpc) is 2.71. The van der Waals surface area contributed by atoms with E-state index in [9.17, 15) is 22.0 Å². The molecule has 30 heavy (non-hydrogen) atoms. The standard InChI is InChI=1S/C19H18Cl2F2N2O4S/c1-12(29-18-5-2-13(20)10-15(18)21)19(26)24-6-8-25(9-7-24)30(27,28)14-3-4-16(22)17(23)11-14/h2-5,10-12H,6-9H2,1H3. The minimum absolute atomic E-state index is 0.0154. The van der Waals surface area contributed by atoms with Gasteiger partial charge in [-0.25, -0.2) is 17.2 Å². The summed E-state index contributed by atoms with van der Waals surface area (Å²) in [6.07, 6.45) is -0.849. The molecule has 2 aromatic rings. The summed E-state index contributed by atoms with van der Waals surface area (Å²) < 4.78 is 58.6. The molecule has 1 amide bonds. The number of hydrogen-bond donors (Lipinski definition) is 0. The molecule has 0 bridgehead atoms. The number of halogens is 4. The lowest BCUT2D eigenvalue weighted by atomic mass is 10.2. The van der Waals surface area contributed by atoms with Crippen LogP contribution in [0.1, 0.15) is 6.92 Å². The molecule has 11 heteroatoms. The van der Waals surface area contributed by atoms with E-state index in [4.69, 9.17) is 27.9 Å². The van der Waals surface area contributed by atoms with Gasteiger partial charge in [-0.1, -0.05) is 23.2 Å². The quantitative estimate of drug-likeness (QED) is 0.658. The number of ether oxygens (including phenoxy) is 1. The van der Waals surface area contributed by atoms with E-state index in [2.05, 4.69) is 0 Å². The third-order valence-corrected chi connectivity index (χ3v) is 7.05. The van der Waals surface area contributed by atoms with Crippen molar-refractivity contribution in [2.45, 2.75) is 17.9 Å². The largest absolute Gasteiger partial charge is 0.479 e. The van der Waals surface area contributed by atoms with Crippen molar-refractivity contribution < 1.29 is 26.7 Å². The van der Waals surface area contributed by atoms with Gasteiger partial charge in [0.05, 0.1) is 9.92 Å². The van der Waals surface area contributed by atoms with Gasteiger partial charge in [0, 0.05) is 31.2 Å². The molecule has 2 aromatic carbocycles. The molecule has 0 aromatic heterocycles. The third-order valence-electron chi connectivity index (χ3n) is 4.62. The topological polar surface area (TPSA) is 66.9 Å². The maximum atomic E-state index is 13.4. The van der Waals surface area contributed by atoms with Crippen molar-refractivity contribution in [2.24, 2.45) is 0 Å². The van der Waals surface area contributed by atoms with Gasteiger partial charge in [0.25, 0.3) is 5.91 Å². The fourth-order valence-electron chi connectivity index (χ4n) is 3.00. The highest BCUT2D eigenvalue weighted by Crippen LogP contribution is 2.28. The van der Waals surface area contributed by atoms with Crippen molar-refractivity contribution in [3.05, 3.63) is 58.1 Å². The van der Waals surface area contributed by atoms with Gasteiger partial charge in [0.15, 0.2) is 17.7 Å². The summed E-state index contributed by atoms with van der Waals surface area (Å²) in [6, 6.07) is 7.06. The van der Waals surface area contributed by atoms with Gasteiger partial charge in [-0.15, -0.1) is 0 Å². The maximum absolute atomic E-state index is 13.4. The molecular formula is C19H18Cl2F2N2O4S. The fourth-order valence-corrected chi connectivity index (χ4v) is 4.89. The Kier molecular flexibility index (Phi) is 6.86. The molecular weight excluding hydrogens is 461 g/mol. The zero-order chi connectivity index (χ0) is 22.1. The first-order valence-electron chi connectivity index (χ1n) is 8.95. The summed E-state index contributed by atoms with van der Waals surface area (Å²) >= 11 is 11.9. The zero-order valence-corrected chi connectivity index (χ0v) is 18.1. The molecule has 6 nitrogen and oxygen atoms in total. The van der Waals surface area contributed by atoms with E-state index >= 15 is 0 Å². The van der Waals surface area contributed by atoms with Crippen LogP contribution in [0.2, 0.25) is 10.0 Å². The molecule has 162 valence electrons. The Labute approximate surface area is 183 Å². The molecule has 1 atom stereocenters. The molecule has 3 rings (SSSR count). The second-order valence-electron chi connectivity index (χ2n) is 6.64. The van der Waals surface area contributed by atoms with Crippen molar-refractivity contribution in [3.8, 4) is 5.75 Å². The van der Waals surface area contributed by atoms with Gasteiger partial charge in [0.1, 0.15) is 5.75 Å². The number of sulfonamides is 1. The van der Waals surface area contributed by atoms with Gasteiger partial charge in [0.2, 0.25) is 10.0 Å². The van der Waals surface area contributed by atoms with Crippen LogP contribution in [0.25, 0.3) is 0 Å². The number of carbonyl (C=O) groups is 1. The SMILES string of the molecule is CC(Oc1ccc(Cl)cc1Cl)C(=O)N1CCN(S(=O)(=O)c2ccc(F)c(F)c2)CC1. The van der Waals surface area contributed by atoms with Crippen molar-refractivity contribution in [2.75, 3.05) is 26.2 Å². The molecule has 0 saturated carbocycles. The monoisotopic (exact) mass is 478 g/mol. The van der Waals surface area contributed by atoms with Crippen molar-refractivity contribution in [1.29, 1.82) is 0 Å². The first-order chi connectivity index (χ1) is 14.1. The smallest absolute Gasteiger partial charge is 0.263 e. The molecule has 0 spiro atoms. The number of hydrogen-bond acceptors (Lipinski definition) is 4. The number of carbonyl (C=O) groups excluding carboxylic acids is 1. The molecule has 1 unspecified atom stereocenters. The predicted molar refractivity (Wildman–Crippen MR) is 108 cm³/mol. The molecule has 1 heterocycles. The normalized spacial score (nSPS) is 16.4. The van der Waals surface area contributed by atoms with Crippen LogP contribution in [0.15, 0.2) is 41.3 Å². The second kappa shape index (κ2) is 9.05. The van der Waals surface area contributed by atoms with Crippen LogP contribution < -0.4 is 4.74 Å². The predicted octanol–water partition coefficient (Wildman–Crippen LogP) is 3.57. The zero-order valence-electron chi connectivity index (χ0n) is 15.8. The summed E-state index contributed by atoms with van der Waals surface area (Å²) in [7, 11) is -4.00. The lowest BCUT2D eigenvalue weighted by molar-refractivity contribution is -0.139. The van der Waals surface area contributed by atoms with Gasteiger partial charge in [-0.2, -0.15) is 4.31 Å². The Bertz CT molecular complexity index is 1060. The summed E-state index contributed by atoms with van der Waals surface area (Å²) in [6.45, 7) is 1.86. The van der Waals surface area contributed by atoms with E-state index in [1.807, 2.05) is 0 Å². The minimum Gasteiger partial charge on any atom is -0.479 e. The molecule has 0 aliphatic carbocycles. The van der Waals surface area contributed by atoms with E-state index in [0.717, 1.165) is 16.4 Å². The second-order valence-corrected chi connectivity index (χ2v) is 9.42. The van der Waals surface area contributed by atoms with Crippen LogP contribution in [0.3, 0.4) is 0 Å². The Morgan fingerprint density at radius 2 is 1.70 bits per heavy atom. The lowest BCUT2D eigenvalue weighted by Gasteiger charge is -2.35. The van der Waals surface area contributed by atoms with Gasteiger partial charge >= 0.3 is 0 Å². The Balaban J connectivity index is 1.62. The molecule has 1 aliphatic heterocycles. The van der Waals surface area contributed by atoms with E-state index in [1.165, 1.54) is 11.0 Å². The van der Waals surface area contributed by atoms with Gasteiger partial charge in [-0.05, 0) is 43.3 Å². The highest BCUT2D eigenvalue weighted by Gasteiger charge is 2.32. The highest BCUT2D eigenvalue weighted by atomic mass is 35.5. The fraction of sp³-hybridized carbons (Fsp3) is 0.316. The van der Waals surface area contributed by atoms with Gasteiger partial charge < -0.3 is 9.64 Å². The van der Waals surface area contributed by atoms with Crippen LogP contribution in [0, 0.1) is 11.6 Å². The lowest BCUT2D eigenvalue weighted by Crippen LogP contribution is -2.53. The molecule has 0 N–H and O–H groups in total. The summed E-state index contributed by atoms with van der Waals surface area (Å²) in [5.41, 5.74) is 0. The third kappa shape index (κ3) is 4.85. The minimum atomic E-state index is -4.00. The number of amides is 1. The maximum Gasteiger partial charge on any atom is 0.263 e. The first-order valence-corrected chi connectivity index (χ1v) is 11.1. The van der Waals surface area contributed by atoms with Crippen LogP contribution in [0.4, 0.5) is 8.78 Å². The first kappa shape index (κ1) is 22.7. The van der Waals surface area contributed by atoms with E-state index in [1.54, 1.807) is 19.1 Å². The van der Waals surface area contributed by atoms with Crippen molar-refractivity contribution in [3.63, 3.8) is 0 Å². The van der Waals surface area contributed by atoms with Crippen LogP contribution >= 0.6 is 23.2 Å². The molecule has 0 radical (unpaired) electrons. The number of benzene rings is 2. The van der Waals surface area contributed by atoms with Crippen molar-refractivity contribution in [1.82, 2.24) is 9.21 Å². The Hall–Kier alpha value is -1.94. The van der Waals surface area contributed by atoms with E-state index < -0.39 is 27.8 Å². The number of piperazine rings is 1. The van der Waals surface area contributed by atoms with E-state index in [0.29, 0.717) is 16.8 Å². The van der Waals surface area contributed by atoms with Crippen LogP contribution in [0.5, 0.6) is 5.75 Å². The van der Waals surface area contributed by atoms with Crippen LogP contribution in [-0.4, -0.2) is 55.8 Å².